The first-order valence-electron chi connectivity index (χ1n) is 7.00. The van der Waals surface area contributed by atoms with Gasteiger partial charge < -0.3 is 5.32 Å². The average molecular weight is 346 g/mol. The van der Waals surface area contributed by atoms with Crippen molar-refractivity contribution in [3.63, 3.8) is 0 Å². The molecule has 1 heterocycles. The molecule has 0 spiro atoms. The summed E-state index contributed by atoms with van der Waals surface area (Å²) in [5.74, 6) is 1.10. The molecule has 4 heteroatoms. The molecule has 0 amide bonds. The molecule has 0 radical (unpaired) electrons. The third-order valence-corrected chi connectivity index (χ3v) is 6.01. The second kappa shape index (κ2) is 7.65. The Balaban J connectivity index is 2.08. The minimum atomic E-state index is -0.163. The number of hydrogen-bond acceptors (Lipinski definition) is 2. The standard InChI is InChI=1S/C15H21BrFNS/c1-2-18-13(14-8-3-4-9-19-14)10-11-6-5-7-12(17)15(11)16/h5-7,13-14,18H,2-4,8-10H2,1H3. The lowest BCUT2D eigenvalue weighted by Crippen LogP contribution is -2.41. The second-order valence-electron chi connectivity index (χ2n) is 4.99. The molecule has 1 nitrogen and oxygen atoms in total. The molecule has 0 aliphatic carbocycles. The summed E-state index contributed by atoms with van der Waals surface area (Å²) in [6.07, 6.45) is 4.83. The minimum absolute atomic E-state index is 0.163. The molecule has 0 aromatic heterocycles. The van der Waals surface area contributed by atoms with Crippen LogP contribution in [0.4, 0.5) is 4.39 Å². The molecule has 2 atom stereocenters. The number of rotatable bonds is 5. The van der Waals surface area contributed by atoms with Crippen molar-refractivity contribution >= 4 is 27.7 Å². The molecule has 0 saturated carbocycles. The topological polar surface area (TPSA) is 12.0 Å². The van der Waals surface area contributed by atoms with Crippen LogP contribution in [0.5, 0.6) is 0 Å². The van der Waals surface area contributed by atoms with Crippen LogP contribution in [0, 0.1) is 5.82 Å². The van der Waals surface area contributed by atoms with Crippen LogP contribution in [-0.4, -0.2) is 23.6 Å². The van der Waals surface area contributed by atoms with Gasteiger partial charge in [-0.2, -0.15) is 11.8 Å². The van der Waals surface area contributed by atoms with Crippen LogP contribution in [-0.2, 0) is 6.42 Å². The van der Waals surface area contributed by atoms with E-state index >= 15 is 0 Å². The summed E-state index contributed by atoms with van der Waals surface area (Å²) in [6.45, 7) is 3.11. The van der Waals surface area contributed by atoms with Crippen LogP contribution in [0.25, 0.3) is 0 Å². The van der Waals surface area contributed by atoms with E-state index in [0.29, 0.717) is 15.8 Å². The Morgan fingerprint density at radius 2 is 2.32 bits per heavy atom. The zero-order valence-corrected chi connectivity index (χ0v) is 13.7. The van der Waals surface area contributed by atoms with E-state index < -0.39 is 0 Å². The Bertz CT molecular complexity index is 407. The first-order valence-corrected chi connectivity index (χ1v) is 8.84. The van der Waals surface area contributed by atoms with Gasteiger partial charge in [0.1, 0.15) is 5.82 Å². The van der Waals surface area contributed by atoms with Gasteiger partial charge in [0.25, 0.3) is 0 Å². The quantitative estimate of drug-likeness (QED) is 0.848. The molecule has 19 heavy (non-hydrogen) atoms. The molecule has 1 N–H and O–H groups in total. The number of halogens is 2. The summed E-state index contributed by atoms with van der Waals surface area (Å²) < 4.78 is 14.2. The Morgan fingerprint density at radius 3 is 3.00 bits per heavy atom. The van der Waals surface area contributed by atoms with Crippen LogP contribution in [0.1, 0.15) is 31.7 Å². The van der Waals surface area contributed by atoms with Gasteiger partial charge in [-0.05, 0) is 59.1 Å². The highest BCUT2D eigenvalue weighted by Gasteiger charge is 2.24. The number of nitrogens with one attached hydrogen (secondary N) is 1. The van der Waals surface area contributed by atoms with Gasteiger partial charge >= 0.3 is 0 Å². The molecule has 1 aromatic carbocycles. The highest BCUT2D eigenvalue weighted by Crippen LogP contribution is 2.30. The smallest absolute Gasteiger partial charge is 0.137 e. The van der Waals surface area contributed by atoms with Gasteiger partial charge in [-0.25, -0.2) is 4.39 Å². The first-order chi connectivity index (χ1) is 9.22. The van der Waals surface area contributed by atoms with E-state index in [1.807, 2.05) is 6.07 Å². The zero-order chi connectivity index (χ0) is 13.7. The van der Waals surface area contributed by atoms with Gasteiger partial charge in [-0.15, -0.1) is 0 Å². The molecule has 2 rings (SSSR count). The van der Waals surface area contributed by atoms with E-state index in [9.17, 15) is 4.39 Å². The summed E-state index contributed by atoms with van der Waals surface area (Å²) in [6, 6.07) is 5.76. The van der Waals surface area contributed by atoms with E-state index in [2.05, 4.69) is 39.9 Å². The number of benzene rings is 1. The van der Waals surface area contributed by atoms with E-state index in [1.54, 1.807) is 6.07 Å². The maximum absolute atomic E-state index is 13.6. The summed E-state index contributed by atoms with van der Waals surface area (Å²) in [5, 5.41) is 4.24. The molecule has 2 unspecified atom stereocenters. The normalized spacial score (nSPS) is 21.3. The van der Waals surface area contributed by atoms with Crippen LogP contribution in [0.15, 0.2) is 22.7 Å². The summed E-state index contributed by atoms with van der Waals surface area (Å²) >= 11 is 5.44. The third kappa shape index (κ3) is 4.20. The van der Waals surface area contributed by atoms with Crippen molar-refractivity contribution in [1.82, 2.24) is 5.32 Å². The fourth-order valence-electron chi connectivity index (χ4n) is 2.62. The average Bonchev–Trinajstić information content (AvgIpc) is 2.44. The summed E-state index contributed by atoms with van der Waals surface area (Å²) in [5.41, 5.74) is 1.07. The highest BCUT2D eigenvalue weighted by atomic mass is 79.9. The van der Waals surface area contributed by atoms with E-state index in [1.165, 1.54) is 31.1 Å². The molecular formula is C15H21BrFNS. The zero-order valence-electron chi connectivity index (χ0n) is 11.3. The van der Waals surface area contributed by atoms with Crippen LogP contribution in [0.3, 0.4) is 0 Å². The summed E-state index contributed by atoms with van der Waals surface area (Å²) in [7, 11) is 0. The lowest BCUT2D eigenvalue weighted by Gasteiger charge is -2.30. The van der Waals surface area contributed by atoms with Gasteiger partial charge in [-0.1, -0.05) is 25.5 Å². The van der Waals surface area contributed by atoms with Gasteiger partial charge in [0.05, 0.1) is 4.47 Å². The highest BCUT2D eigenvalue weighted by molar-refractivity contribution is 9.10. The van der Waals surface area contributed by atoms with Crippen molar-refractivity contribution in [2.75, 3.05) is 12.3 Å². The molecule has 1 aliphatic heterocycles. The van der Waals surface area contributed by atoms with Crippen LogP contribution >= 0.6 is 27.7 Å². The van der Waals surface area contributed by atoms with Crippen molar-refractivity contribution in [2.45, 2.75) is 43.9 Å². The van der Waals surface area contributed by atoms with E-state index in [0.717, 1.165) is 18.5 Å². The molecule has 0 bridgehead atoms. The Kier molecular flexibility index (Phi) is 6.17. The van der Waals surface area contributed by atoms with Gasteiger partial charge in [0.2, 0.25) is 0 Å². The monoisotopic (exact) mass is 345 g/mol. The molecule has 1 aromatic rings. The van der Waals surface area contributed by atoms with Gasteiger partial charge in [0.15, 0.2) is 0 Å². The maximum Gasteiger partial charge on any atom is 0.137 e. The third-order valence-electron chi connectivity index (χ3n) is 3.60. The molecule has 106 valence electrons. The lowest BCUT2D eigenvalue weighted by atomic mass is 9.99. The Hall–Kier alpha value is -0.0600. The predicted molar refractivity (Wildman–Crippen MR) is 85.4 cm³/mol. The van der Waals surface area contributed by atoms with Crippen LogP contribution < -0.4 is 5.32 Å². The first kappa shape index (κ1) is 15.3. The number of thioether (sulfide) groups is 1. The van der Waals surface area contributed by atoms with E-state index in [-0.39, 0.29) is 5.82 Å². The van der Waals surface area contributed by atoms with Gasteiger partial charge in [0, 0.05) is 11.3 Å². The maximum atomic E-state index is 13.6. The Morgan fingerprint density at radius 1 is 1.47 bits per heavy atom. The molecule has 1 aliphatic rings. The largest absolute Gasteiger partial charge is 0.313 e. The van der Waals surface area contributed by atoms with Crippen molar-refractivity contribution in [3.8, 4) is 0 Å². The number of likely N-dealkylation sites (N-methyl/N-ethyl adjacent to an activating group) is 1. The Labute approximate surface area is 127 Å². The van der Waals surface area contributed by atoms with Crippen LogP contribution in [0.2, 0.25) is 0 Å². The van der Waals surface area contributed by atoms with E-state index in [4.69, 9.17) is 0 Å². The fraction of sp³-hybridized carbons (Fsp3) is 0.600. The van der Waals surface area contributed by atoms with Crippen molar-refractivity contribution in [2.24, 2.45) is 0 Å². The number of hydrogen-bond donors (Lipinski definition) is 1. The van der Waals surface area contributed by atoms with Crippen molar-refractivity contribution in [3.05, 3.63) is 34.1 Å². The van der Waals surface area contributed by atoms with Gasteiger partial charge in [-0.3, -0.25) is 0 Å². The molecule has 1 fully saturated rings. The summed E-state index contributed by atoms with van der Waals surface area (Å²) in [4.78, 5) is 0. The second-order valence-corrected chi connectivity index (χ2v) is 7.13. The minimum Gasteiger partial charge on any atom is -0.313 e. The molecule has 1 saturated heterocycles. The SMILES string of the molecule is CCNC(Cc1cccc(F)c1Br)C1CCCCS1. The lowest BCUT2D eigenvalue weighted by molar-refractivity contribution is 0.470. The predicted octanol–water partition coefficient (Wildman–Crippen LogP) is 4.39. The molecular weight excluding hydrogens is 325 g/mol. The fourth-order valence-corrected chi connectivity index (χ4v) is 4.48. The van der Waals surface area contributed by atoms with Crippen molar-refractivity contribution in [1.29, 1.82) is 0 Å². The van der Waals surface area contributed by atoms with Crippen molar-refractivity contribution < 1.29 is 4.39 Å².